The number of hydrogen-bond donors (Lipinski definition) is 1. The molecule has 0 aliphatic carbocycles. The number of hydrogen-bond acceptors (Lipinski definition) is 4. The predicted octanol–water partition coefficient (Wildman–Crippen LogP) is 4.75. The Morgan fingerprint density at radius 3 is 2.16 bits per heavy atom. The largest absolute Gasteiger partial charge is 0.488 e. The monoisotopic (exact) mass is 420 g/mol. The van der Waals surface area contributed by atoms with Gasteiger partial charge in [0.1, 0.15) is 0 Å². The fraction of sp³-hybridized carbons (Fsp3) is 0.188. The summed E-state index contributed by atoms with van der Waals surface area (Å²) in [5, 5.41) is 4.79. The number of nitrogens with one attached hydrogen (secondary N) is 1. The van der Waals surface area contributed by atoms with Crippen molar-refractivity contribution < 1.29 is 13.2 Å². The van der Waals surface area contributed by atoms with Gasteiger partial charge in [0.25, 0.3) is 10.0 Å². The first-order valence-corrected chi connectivity index (χ1v) is 9.77. The van der Waals surface area contributed by atoms with Crippen LogP contribution in [0, 0.1) is 0 Å². The van der Waals surface area contributed by atoms with E-state index in [1.54, 1.807) is 12.1 Å². The number of benzene rings is 2. The van der Waals surface area contributed by atoms with Gasteiger partial charge in [-0.3, -0.25) is 0 Å². The van der Waals surface area contributed by atoms with Crippen molar-refractivity contribution in [2.45, 2.75) is 24.8 Å². The van der Waals surface area contributed by atoms with E-state index < -0.39 is 10.0 Å². The van der Waals surface area contributed by atoms with E-state index in [1.807, 2.05) is 13.8 Å². The van der Waals surface area contributed by atoms with Crippen LogP contribution in [0.15, 0.2) is 46.4 Å². The number of ether oxygens (including phenoxy) is 1. The van der Waals surface area contributed by atoms with Crippen LogP contribution in [-0.2, 0) is 10.0 Å². The van der Waals surface area contributed by atoms with Gasteiger partial charge in [-0.1, -0.05) is 34.8 Å². The smallest absolute Gasteiger partial charge is 0.276 e. The third-order valence-electron chi connectivity index (χ3n) is 2.88. The lowest BCUT2D eigenvalue weighted by Gasteiger charge is -2.13. The molecule has 0 aliphatic heterocycles. The van der Waals surface area contributed by atoms with Crippen LogP contribution in [-0.4, -0.2) is 20.7 Å². The van der Waals surface area contributed by atoms with Crippen molar-refractivity contribution in [3.8, 4) is 5.75 Å². The predicted molar refractivity (Wildman–Crippen MR) is 102 cm³/mol. The molecule has 2 aromatic rings. The van der Waals surface area contributed by atoms with Crippen molar-refractivity contribution in [2.24, 2.45) is 5.10 Å². The molecule has 0 bridgehead atoms. The first-order chi connectivity index (χ1) is 11.7. The maximum Gasteiger partial charge on any atom is 0.276 e. The Hall–Kier alpha value is -1.47. The highest BCUT2D eigenvalue weighted by molar-refractivity contribution is 7.89. The van der Waals surface area contributed by atoms with Crippen LogP contribution in [0.2, 0.25) is 15.1 Å². The fourth-order valence-electron chi connectivity index (χ4n) is 1.84. The average molecular weight is 422 g/mol. The Morgan fingerprint density at radius 2 is 1.64 bits per heavy atom. The minimum atomic E-state index is -3.79. The summed E-state index contributed by atoms with van der Waals surface area (Å²) >= 11 is 18.0. The topological polar surface area (TPSA) is 67.8 Å². The van der Waals surface area contributed by atoms with Crippen LogP contribution in [0.3, 0.4) is 0 Å². The molecule has 0 aromatic heterocycles. The second-order valence-corrected chi connectivity index (χ2v) is 8.20. The van der Waals surface area contributed by atoms with Crippen molar-refractivity contribution in [1.29, 1.82) is 0 Å². The van der Waals surface area contributed by atoms with Crippen molar-refractivity contribution in [3.05, 3.63) is 57.0 Å². The highest BCUT2D eigenvalue weighted by atomic mass is 35.5. The zero-order valence-electron chi connectivity index (χ0n) is 13.3. The molecule has 0 radical (unpaired) electrons. The van der Waals surface area contributed by atoms with Gasteiger partial charge in [-0.2, -0.15) is 13.5 Å². The fourth-order valence-corrected chi connectivity index (χ4v) is 3.35. The second kappa shape index (κ2) is 8.27. The maximum atomic E-state index is 12.1. The first-order valence-electron chi connectivity index (χ1n) is 7.15. The Kier molecular flexibility index (Phi) is 6.57. The minimum absolute atomic E-state index is 0.0470. The lowest BCUT2D eigenvalue weighted by Crippen LogP contribution is -2.18. The van der Waals surface area contributed by atoms with Crippen molar-refractivity contribution in [1.82, 2.24) is 4.83 Å². The SMILES string of the molecule is CC(C)Oc1c(Cl)cc(/C=N/NS(=O)(=O)c2ccc(Cl)cc2)cc1Cl. The van der Waals surface area contributed by atoms with E-state index in [9.17, 15) is 8.42 Å². The first kappa shape index (κ1) is 19.8. The van der Waals surface area contributed by atoms with Gasteiger partial charge in [0.05, 0.1) is 27.3 Å². The lowest BCUT2D eigenvalue weighted by atomic mass is 10.2. The zero-order valence-corrected chi connectivity index (χ0v) is 16.4. The number of hydrazone groups is 1. The van der Waals surface area contributed by atoms with E-state index in [0.29, 0.717) is 26.4 Å². The molecule has 1 N–H and O–H groups in total. The summed E-state index contributed by atoms with van der Waals surface area (Å²) in [7, 11) is -3.79. The van der Waals surface area contributed by atoms with E-state index in [2.05, 4.69) is 9.93 Å². The molecule has 25 heavy (non-hydrogen) atoms. The Labute approximate surface area is 161 Å². The molecule has 2 aromatic carbocycles. The van der Waals surface area contributed by atoms with Crippen LogP contribution in [0.25, 0.3) is 0 Å². The third kappa shape index (κ3) is 5.51. The van der Waals surface area contributed by atoms with E-state index in [-0.39, 0.29) is 11.0 Å². The van der Waals surface area contributed by atoms with Gasteiger partial charge in [0, 0.05) is 5.02 Å². The van der Waals surface area contributed by atoms with Gasteiger partial charge < -0.3 is 4.74 Å². The molecule has 0 saturated heterocycles. The number of nitrogens with zero attached hydrogens (tertiary/aromatic N) is 1. The summed E-state index contributed by atoms with van der Waals surface area (Å²) in [6.45, 7) is 3.71. The number of halogens is 3. The average Bonchev–Trinajstić information content (AvgIpc) is 2.51. The highest BCUT2D eigenvalue weighted by Gasteiger charge is 2.13. The molecular formula is C16H15Cl3N2O3S. The molecule has 5 nitrogen and oxygen atoms in total. The number of sulfonamides is 1. The quantitative estimate of drug-likeness (QED) is 0.541. The van der Waals surface area contributed by atoms with E-state index in [0.717, 1.165) is 0 Å². The molecule has 2 rings (SSSR count). The van der Waals surface area contributed by atoms with E-state index in [1.165, 1.54) is 30.5 Å². The molecule has 134 valence electrons. The van der Waals surface area contributed by atoms with Crippen molar-refractivity contribution in [2.75, 3.05) is 0 Å². The minimum Gasteiger partial charge on any atom is -0.488 e. The van der Waals surface area contributed by atoms with Gasteiger partial charge in [0.2, 0.25) is 0 Å². The summed E-state index contributed by atoms with van der Waals surface area (Å²) in [5.74, 6) is 0.372. The normalized spacial score (nSPS) is 11.9. The second-order valence-electron chi connectivity index (χ2n) is 5.29. The van der Waals surface area contributed by atoms with Gasteiger partial charge in [-0.25, -0.2) is 4.83 Å². The molecule has 0 unspecified atom stereocenters. The standard InChI is InChI=1S/C16H15Cl3N2O3S/c1-10(2)24-16-14(18)7-11(8-15(16)19)9-20-21-25(22,23)13-5-3-12(17)4-6-13/h3-10,21H,1-2H3/b20-9+. The van der Waals surface area contributed by atoms with Crippen LogP contribution in [0.1, 0.15) is 19.4 Å². The maximum absolute atomic E-state index is 12.1. The Bertz CT molecular complexity index is 859. The van der Waals surface area contributed by atoms with Crippen LogP contribution in [0.5, 0.6) is 5.75 Å². The third-order valence-corrected chi connectivity index (χ3v) is 4.94. The number of rotatable bonds is 6. The molecule has 0 heterocycles. The van der Waals surface area contributed by atoms with Crippen molar-refractivity contribution >= 4 is 51.0 Å². The van der Waals surface area contributed by atoms with Gasteiger partial charge in [0.15, 0.2) is 5.75 Å². The van der Waals surface area contributed by atoms with Crippen LogP contribution in [0.4, 0.5) is 0 Å². The lowest BCUT2D eigenvalue weighted by molar-refractivity contribution is 0.243. The summed E-state index contributed by atoms with van der Waals surface area (Å²) in [6.07, 6.45) is 1.21. The summed E-state index contributed by atoms with van der Waals surface area (Å²) in [4.78, 5) is 2.16. The van der Waals surface area contributed by atoms with E-state index in [4.69, 9.17) is 39.5 Å². The van der Waals surface area contributed by atoms with Gasteiger partial charge >= 0.3 is 0 Å². The van der Waals surface area contributed by atoms with Crippen LogP contribution < -0.4 is 9.57 Å². The molecule has 9 heteroatoms. The summed E-state index contributed by atoms with van der Waals surface area (Å²) < 4.78 is 29.7. The summed E-state index contributed by atoms with van der Waals surface area (Å²) in [5.41, 5.74) is 0.518. The molecule has 0 atom stereocenters. The molecule has 0 saturated carbocycles. The zero-order chi connectivity index (χ0) is 18.6. The van der Waals surface area contributed by atoms with Crippen molar-refractivity contribution in [3.63, 3.8) is 0 Å². The van der Waals surface area contributed by atoms with E-state index >= 15 is 0 Å². The van der Waals surface area contributed by atoms with Gasteiger partial charge in [-0.05, 0) is 55.8 Å². The van der Waals surface area contributed by atoms with Crippen LogP contribution >= 0.6 is 34.8 Å². The Morgan fingerprint density at radius 1 is 1.08 bits per heavy atom. The molecule has 0 aliphatic rings. The highest BCUT2D eigenvalue weighted by Crippen LogP contribution is 2.34. The molecule has 0 spiro atoms. The molecular weight excluding hydrogens is 407 g/mol. The molecule has 0 fully saturated rings. The Balaban J connectivity index is 2.15. The molecule has 0 amide bonds. The van der Waals surface area contributed by atoms with Gasteiger partial charge in [-0.15, -0.1) is 0 Å². The summed E-state index contributed by atoms with van der Waals surface area (Å²) in [6, 6.07) is 8.87.